The molecule has 0 aromatic rings. The maximum Gasteiger partial charge on any atom is 0.303 e. The Kier molecular flexibility index (Phi) is 3.92. The first-order chi connectivity index (χ1) is 6.59. The molecule has 0 bridgehead atoms. The second-order valence-corrected chi connectivity index (χ2v) is 4.00. The predicted octanol–water partition coefficient (Wildman–Crippen LogP) is 1.11. The summed E-state index contributed by atoms with van der Waals surface area (Å²) >= 11 is 0. The molecule has 0 aromatic carbocycles. The van der Waals surface area contributed by atoms with Crippen LogP contribution in [0.4, 0.5) is 0 Å². The molecule has 1 fully saturated rings. The lowest BCUT2D eigenvalue weighted by molar-refractivity contribution is -0.138. The molecule has 1 heterocycles. The van der Waals surface area contributed by atoms with E-state index in [2.05, 4.69) is 0 Å². The number of carboxylic acid groups (broad SMARTS) is 1. The minimum Gasteiger partial charge on any atom is -0.481 e. The molecule has 1 aliphatic rings. The van der Waals surface area contributed by atoms with E-state index in [1.54, 1.807) is 0 Å². The Morgan fingerprint density at radius 3 is 2.36 bits per heavy atom. The van der Waals surface area contributed by atoms with Crippen LogP contribution < -0.4 is 0 Å². The number of carbonyl (C=O) groups is 2. The molecule has 0 saturated carbocycles. The maximum absolute atomic E-state index is 11.6. The monoisotopic (exact) mass is 199 g/mol. The number of hydrogen-bond acceptors (Lipinski definition) is 2. The van der Waals surface area contributed by atoms with E-state index in [1.165, 1.54) is 0 Å². The summed E-state index contributed by atoms with van der Waals surface area (Å²) < 4.78 is 0. The van der Waals surface area contributed by atoms with Crippen molar-refractivity contribution < 1.29 is 14.7 Å². The summed E-state index contributed by atoms with van der Waals surface area (Å²) in [6.45, 7) is 3.50. The zero-order chi connectivity index (χ0) is 10.6. The number of rotatable bonds is 4. The molecular formula is C10H17NO3. The Hall–Kier alpha value is -1.06. The molecule has 0 aliphatic carbocycles. The van der Waals surface area contributed by atoms with Gasteiger partial charge in [-0.05, 0) is 18.8 Å². The third-order valence-corrected chi connectivity index (χ3v) is 2.50. The molecule has 1 amide bonds. The minimum atomic E-state index is -0.827. The lowest BCUT2D eigenvalue weighted by Gasteiger charge is -2.17. The molecule has 1 N–H and O–H groups in total. The summed E-state index contributed by atoms with van der Waals surface area (Å²) in [4.78, 5) is 23.8. The Morgan fingerprint density at radius 2 is 1.86 bits per heavy atom. The van der Waals surface area contributed by atoms with Crippen molar-refractivity contribution in [2.75, 3.05) is 13.1 Å². The van der Waals surface area contributed by atoms with E-state index in [9.17, 15) is 9.59 Å². The summed E-state index contributed by atoms with van der Waals surface area (Å²) in [6, 6.07) is 0. The second kappa shape index (κ2) is 4.98. The van der Waals surface area contributed by atoms with Gasteiger partial charge in [-0.3, -0.25) is 9.59 Å². The van der Waals surface area contributed by atoms with Gasteiger partial charge in [-0.25, -0.2) is 0 Å². The first kappa shape index (κ1) is 11.0. The predicted molar refractivity (Wildman–Crippen MR) is 51.8 cm³/mol. The third kappa shape index (κ3) is 3.36. The Labute approximate surface area is 83.9 Å². The van der Waals surface area contributed by atoms with Crippen molar-refractivity contribution in [2.45, 2.75) is 32.6 Å². The van der Waals surface area contributed by atoms with Crippen molar-refractivity contribution in [2.24, 2.45) is 5.92 Å². The first-order valence-corrected chi connectivity index (χ1v) is 5.09. The third-order valence-electron chi connectivity index (χ3n) is 2.50. The zero-order valence-corrected chi connectivity index (χ0v) is 8.53. The van der Waals surface area contributed by atoms with E-state index in [0.29, 0.717) is 6.42 Å². The van der Waals surface area contributed by atoms with Crippen LogP contribution in [0.3, 0.4) is 0 Å². The van der Waals surface area contributed by atoms with Crippen molar-refractivity contribution >= 4 is 11.9 Å². The van der Waals surface area contributed by atoms with E-state index in [-0.39, 0.29) is 18.2 Å². The normalized spacial score (nSPS) is 18.2. The molecule has 1 rings (SSSR count). The minimum absolute atomic E-state index is 0.0550. The van der Waals surface area contributed by atoms with Crippen LogP contribution in [0.15, 0.2) is 0 Å². The molecule has 1 aliphatic heterocycles. The molecular weight excluding hydrogens is 182 g/mol. The topological polar surface area (TPSA) is 57.6 Å². The molecule has 1 saturated heterocycles. The Bertz CT molecular complexity index is 221. The van der Waals surface area contributed by atoms with Crippen LogP contribution in [0.5, 0.6) is 0 Å². The SMILES string of the molecule is CC(CC(=O)O)CC(=O)N1CCCC1. The average Bonchev–Trinajstić information content (AvgIpc) is 2.53. The summed E-state index contributed by atoms with van der Waals surface area (Å²) in [7, 11) is 0. The van der Waals surface area contributed by atoms with Gasteiger partial charge >= 0.3 is 5.97 Å². The van der Waals surface area contributed by atoms with Crippen LogP contribution >= 0.6 is 0 Å². The lowest BCUT2D eigenvalue weighted by atomic mass is 10.0. The van der Waals surface area contributed by atoms with Crippen LogP contribution in [0.25, 0.3) is 0 Å². The second-order valence-electron chi connectivity index (χ2n) is 4.00. The van der Waals surface area contributed by atoms with Gasteiger partial charge in [0, 0.05) is 25.9 Å². The molecule has 0 spiro atoms. The van der Waals surface area contributed by atoms with Crippen molar-refractivity contribution in [3.05, 3.63) is 0 Å². The van der Waals surface area contributed by atoms with Gasteiger partial charge in [-0.2, -0.15) is 0 Å². The van der Waals surface area contributed by atoms with E-state index in [1.807, 2.05) is 11.8 Å². The van der Waals surface area contributed by atoms with Crippen LogP contribution in [0, 0.1) is 5.92 Å². The molecule has 0 radical (unpaired) electrons. The fourth-order valence-corrected chi connectivity index (χ4v) is 1.76. The number of hydrogen-bond donors (Lipinski definition) is 1. The molecule has 4 nitrogen and oxygen atoms in total. The van der Waals surface area contributed by atoms with Gasteiger partial charge in [0.25, 0.3) is 0 Å². The Balaban J connectivity index is 2.28. The highest BCUT2D eigenvalue weighted by Crippen LogP contribution is 2.14. The molecule has 80 valence electrons. The van der Waals surface area contributed by atoms with Crippen molar-refractivity contribution in [3.8, 4) is 0 Å². The van der Waals surface area contributed by atoms with Crippen molar-refractivity contribution in [1.29, 1.82) is 0 Å². The molecule has 4 heteroatoms. The number of carboxylic acids is 1. The maximum atomic E-state index is 11.6. The largest absolute Gasteiger partial charge is 0.481 e. The van der Waals surface area contributed by atoms with Gasteiger partial charge in [-0.15, -0.1) is 0 Å². The molecule has 1 unspecified atom stereocenters. The fourth-order valence-electron chi connectivity index (χ4n) is 1.76. The first-order valence-electron chi connectivity index (χ1n) is 5.09. The van der Waals surface area contributed by atoms with Gasteiger partial charge < -0.3 is 10.0 Å². The standard InChI is InChI=1S/C10H17NO3/c1-8(7-10(13)14)6-9(12)11-4-2-3-5-11/h8H,2-7H2,1H3,(H,13,14). The molecule has 14 heavy (non-hydrogen) atoms. The van der Waals surface area contributed by atoms with E-state index in [4.69, 9.17) is 5.11 Å². The van der Waals surface area contributed by atoms with Crippen molar-refractivity contribution in [1.82, 2.24) is 4.90 Å². The van der Waals surface area contributed by atoms with Crippen LogP contribution in [0.1, 0.15) is 32.6 Å². The van der Waals surface area contributed by atoms with Gasteiger partial charge in [0.1, 0.15) is 0 Å². The molecule has 0 aromatic heterocycles. The average molecular weight is 199 g/mol. The van der Waals surface area contributed by atoms with Crippen molar-refractivity contribution in [3.63, 3.8) is 0 Å². The van der Waals surface area contributed by atoms with E-state index in [0.717, 1.165) is 25.9 Å². The summed E-state index contributed by atoms with van der Waals surface area (Å²) in [5.41, 5.74) is 0. The number of aliphatic carboxylic acids is 1. The highest BCUT2D eigenvalue weighted by molar-refractivity contribution is 5.77. The summed E-state index contributed by atoms with van der Waals surface area (Å²) in [6.07, 6.45) is 2.62. The number of nitrogens with zero attached hydrogens (tertiary/aromatic N) is 1. The molecule has 1 atom stereocenters. The Morgan fingerprint density at radius 1 is 1.29 bits per heavy atom. The fraction of sp³-hybridized carbons (Fsp3) is 0.800. The number of likely N-dealkylation sites (tertiary alicyclic amines) is 1. The van der Waals surface area contributed by atoms with Gasteiger partial charge in [0.15, 0.2) is 0 Å². The summed E-state index contributed by atoms with van der Waals surface area (Å²) in [5, 5.41) is 8.54. The van der Waals surface area contributed by atoms with Crippen LogP contribution in [-0.2, 0) is 9.59 Å². The highest BCUT2D eigenvalue weighted by atomic mass is 16.4. The van der Waals surface area contributed by atoms with Crippen LogP contribution in [0.2, 0.25) is 0 Å². The quantitative estimate of drug-likeness (QED) is 0.737. The van der Waals surface area contributed by atoms with E-state index < -0.39 is 5.97 Å². The lowest BCUT2D eigenvalue weighted by Crippen LogP contribution is -2.29. The zero-order valence-electron chi connectivity index (χ0n) is 8.53. The van der Waals surface area contributed by atoms with Gasteiger partial charge in [0.05, 0.1) is 0 Å². The number of amides is 1. The van der Waals surface area contributed by atoms with Gasteiger partial charge in [0.2, 0.25) is 5.91 Å². The highest BCUT2D eigenvalue weighted by Gasteiger charge is 2.20. The summed E-state index contributed by atoms with van der Waals surface area (Å²) in [5.74, 6) is -0.774. The smallest absolute Gasteiger partial charge is 0.303 e. The van der Waals surface area contributed by atoms with E-state index >= 15 is 0 Å². The number of carbonyl (C=O) groups excluding carboxylic acids is 1. The van der Waals surface area contributed by atoms with Crippen LogP contribution in [-0.4, -0.2) is 35.0 Å². The van der Waals surface area contributed by atoms with Gasteiger partial charge in [-0.1, -0.05) is 6.92 Å².